The first-order chi connectivity index (χ1) is 11.3. The summed E-state index contributed by atoms with van der Waals surface area (Å²) < 4.78 is 5.44. The molecule has 0 radical (unpaired) electrons. The van der Waals surface area contributed by atoms with Gasteiger partial charge in [-0.05, 0) is 36.4 Å². The predicted molar refractivity (Wildman–Crippen MR) is 94.4 cm³/mol. The molecule has 0 atom stereocenters. The lowest BCUT2D eigenvalue weighted by Crippen LogP contribution is -2.45. The van der Waals surface area contributed by atoms with E-state index in [4.69, 9.17) is 4.74 Å². The minimum absolute atomic E-state index is 0.128. The fraction of sp³-hybridized carbons (Fsp3) is 0.389. The summed E-state index contributed by atoms with van der Waals surface area (Å²) in [6.45, 7) is 1.87. The third-order valence-corrected chi connectivity index (χ3v) is 5.08. The molecule has 1 amide bonds. The van der Waals surface area contributed by atoms with Gasteiger partial charge in [-0.3, -0.25) is 4.79 Å². The van der Waals surface area contributed by atoms with E-state index in [0.717, 1.165) is 42.2 Å². The first-order valence-corrected chi connectivity index (χ1v) is 8.84. The lowest BCUT2D eigenvalue weighted by Gasteiger charge is -2.34. The Morgan fingerprint density at radius 3 is 2.74 bits per heavy atom. The molecule has 1 N–H and O–H groups in total. The van der Waals surface area contributed by atoms with E-state index in [1.54, 1.807) is 18.4 Å². The number of hydrogen-bond donors (Lipinski definition) is 1. The second-order valence-electron chi connectivity index (χ2n) is 5.76. The highest BCUT2D eigenvalue weighted by Gasteiger charge is 2.22. The van der Waals surface area contributed by atoms with Crippen LogP contribution >= 0.6 is 11.3 Å². The number of methoxy groups -OCH3 is 1. The van der Waals surface area contributed by atoms with Crippen LogP contribution in [0.1, 0.15) is 17.7 Å². The van der Waals surface area contributed by atoms with E-state index in [2.05, 4.69) is 16.3 Å². The van der Waals surface area contributed by atoms with Gasteiger partial charge in [0, 0.05) is 24.0 Å². The number of hydrogen-bond acceptors (Lipinski definition) is 4. The molecule has 0 unspecified atom stereocenters. The van der Waals surface area contributed by atoms with Crippen LogP contribution in [-0.2, 0) is 11.2 Å². The topological polar surface area (TPSA) is 41.6 Å². The van der Waals surface area contributed by atoms with Gasteiger partial charge in [-0.15, -0.1) is 11.3 Å². The highest BCUT2D eigenvalue weighted by atomic mass is 32.1. The van der Waals surface area contributed by atoms with Crippen molar-refractivity contribution < 1.29 is 9.53 Å². The number of rotatable bonds is 5. The van der Waals surface area contributed by atoms with Crippen LogP contribution in [0.5, 0.6) is 5.75 Å². The van der Waals surface area contributed by atoms with E-state index >= 15 is 0 Å². The van der Waals surface area contributed by atoms with Crippen LogP contribution in [0.2, 0.25) is 0 Å². The SMILES string of the molecule is COc1ccccc1N1CCC(NC(=O)Cc2cccs2)CC1. The molecular weight excluding hydrogens is 308 g/mol. The second-order valence-corrected chi connectivity index (χ2v) is 6.79. The third-order valence-electron chi connectivity index (χ3n) is 4.20. The summed E-state index contributed by atoms with van der Waals surface area (Å²) >= 11 is 1.63. The number of para-hydroxylation sites is 2. The van der Waals surface area contributed by atoms with Gasteiger partial charge in [0.25, 0.3) is 0 Å². The number of benzene rings is 1. The number of nitrogens with zero attached hydrogens (tertiary/aromatic N) is 1. The lowest BCUT2D eigenvalue weighted by molar-refractivity contribution is -0.121. The molecule has 1 saturated heterocycles. The van der Waals surface area contributed by atoms with Crippen LogP contribution in [0.25, 0.3) is 0 Å². The average molecular weight is 330 g/mol. The van der Waals surface area contributed by atoms with Crippen LogP contribution in [0, 0.1) is 0 Å². The number of carbonyl (C=O) groups excluding carboxylic acids is 1. The van der Waals surface area contributed by atoms with Crippen LogP contribution in [0.15, 0.2) is 41.8 Å². The summed E-state index contributed by atoms with van der Waals surface area (Å²) in [5, 5.41) is 5.18. The minimum atomic E-state index is 0.128. The minimum Gasteiger partial charge on any atom is -0.495 e. The van der Waals surface area contributed by atoms with Crippen molar-refractivity contribution in [3.8, 4) is 5.75 Å². The van der Waals surface area contributed by atoms with Gasteiger partial charge in [-0.1, -0.05) is 18.2 Å². The predicted octanol–water partition coefficient (Wildman–Crippen LogP) is 3.08. The largest absolute Gasteiger partial charge is 0.495 e. The highest BCUT2D eigenvalue weighted by Crippen LogP contribution is 2.29. The molecule has 1 aliphatic rings. The van der Waals surface area contributed by atoms with Crippen molar-refractivity contribution in [3.63, 3.8) is 0 Å². The van der Waals surface area contributed by atoms with Crippen molar-refractivity contribution in [1.29, 1.82) is 0 Å². The number of ether oxygens (including phenoxy) is 1. The molecule has 1 fully saturated rings. The van der Waals surface area contributed by atoms with Gasteiger partial charge in [-0.25, -0.2) is 0 Å². The van der Waals surface area contributed by atoms with Crippen molar-refractivity contribution in [2.45, 2.75) is 25.3 Å². The summed E-state index contributed by atoms with van der Waals surface area (Å²) in [5.41, 5.74) is 1.14. The van der Waals surface area contributed by atoms with Gasteiger partial charge >= 0.3 is 0 Å². The first kappa shape index (κ1) is 15.9. The van der Waals surface area contributed by atoms with Gasteiger partial charge in [0.05, 0.1) is 19.2 Å². The number of nitrogens with one attached hydrogen (secondary N) is 1. The molecule has 0 saturated carbocycles. The zero-order valence-electron chi connectivity index (χ0n) is 13.3. The molecular formula is C18H22N2O2S. The Bertz CT molecular complexity index is 634. The maximum Gasteiger partial charge on any atom is 0.225 e. The maximum atomic E-state index is 12.1. The Morgan fingerprint density at radius 2 is 2.04 bits per heavy atom. The molecule has 1 aromatic carbocycles. The quantitative estimate of drug-likeness (QED) is 0.916. The lowest BCUT2D eigenvalue weighted by atomic mass is 10.0. The number of carbonyl (C=O) groups is 1. The van der Waals surface area contributed by atoms with Crippen molar-refractivity contribution >= 4 is 22.9 Å². The molecule has 0 spiro atoms. The van der Waals surface area contributed by atoms with Crippen molar-refractivity contribution in [3.05, 3.63) is 46.7 Å². The normalized spacial score (nSPS) is 15.4. The number of amides is 1. The average Bonchev–Trinajstić information content (AvgIpc) is 3.08. The van der Waals surface area contributed by atoms with E-state index in [-0.39, 0.29) is 11.9 Å². The molecule has 0 bridgehead atoms. The van der Waals surface area contributed by atoms with E-state index in [1.807, 2.05) is 35.7 Å². The van der Waals surface area contributed by atoms with Gasteiger partial charge in [0.1, 0.15) is 5.75 Å². The Balaban J connectivity index is 1.51. The third kappa shape index (κ3) is 4.05. The Hall–Kier alpha value is -2.01. The van der Waals surface area contributed by atoms with E-state index < -0.39 is 0 Å². The summed E-state index contributed by atoms with van der Waals surface area (Å²) in [7, 11) is 1.70. The highest BCUT2D eigenvalue weighted by molar-refractivity contribution is 7.10. The zero-order valence-corrected chi connectivity index (χ0v) is 14.1. The smallest absolute Gasteiger partial charge is 0.225 e. The van der Waals surface area contributed by atoms with E-state index in [9.17, 15) is 4.79 Å². The van der Waals surface area contributed by atoms with Crippen molar-refractivity contribution in [2.24, 2.45) is 0 Å². The van der Waals surface area contributed by atoms with Gasteiger partial charge in [-0.2, -0.15) is 0 Å². The van der Waals surface area contributed by atoms with Crippen LogP contribution in [0.4, 0.5) is 5.69 Å². The molecule has 23 heavy (non-hydrogen) atoms. The van der Waals surface area contributed by atoms with Crippen LogP contribution < -0.4 is 15.0 Å². The summed E-state index contributed by atoms with van der Waals surface area (Å²) in [5.74, 6) is 1.04. The van der Waals surface area contributed by atoms with Crippen LogP contribution in [-0.4, -0.2) is 32.1 Å². The Kier molecular flexibility index (Phi) is 5.18. The summed E-state index contributed by atoms with van der Waals surface area (Å²) in [4.78, 5) is 15.5. The Morgan fingerprint density at radius 1 is 1.26 bits per heavy atom. The Labute approximate surface area is 141 Å². The first-order valence-electron chi connectivity index (χ1n) is 7.96. The van der Waals surface area contributed by atoms with E-state index in [1.165, 1.54) is 0 Å². The summed E-state index contributed by atoms with van der Waals surface area (Å²) in [6, 6.07) is 12.4. The molecule has 122 valence electrons. The molecule has 2 aromatic rings. The van der Waals surface area contributed by atoms with Crippen molar-refractivity contribution in [1.82, 2.24) is 5.32 Å². The number of thiophene rings is 1. The maximum absolute atomic E-state index is 12.1. The van der Waals surface area contributed by atoms with Crippen LogP contribution in [0.3, 0.4) is 0 Å². The van der Waals surface area contributed by atoms with Gasteiger partial charge < -0.3 is 15.0 Å². The summed E-state index contributed by atoms with van der Waals surface area (Å²) in [6.07, 6.45) is 2.42. The molecule has 2 heterocycles. The number of piperidine rings is 1. The fourth-order valence-corrected chi connectivity index (χ4v) is 3.71. The molecule has 3 rings (SSSR count). The second kappa shape index (κ2) is 7.51. The standard InChI is InChI=1S/C18H22N2O2S/c1-22-17-7-3-2-6-16(17)20-10-8-14(9-11-20)19-18(21)13-15-5-4-12-23-15/h2-7,12,14H,8-11,13H2,1H3,(H,19,21). The van der Waals surface area contributed by atoms with Gasteiger partial charge in [0.15, 0.2) is 0 Å². The monoisotopic (exact) mass is 330 g/mol. The van der Waals surface area contributed by atoms with Gasteiger partial charge in [0.2, 0.25) is 5.91 Å². The number of anilines is 1. The molecule has 0 aliphatic carbocycles. The molecule has 4 nitrogen and oxygen atoms in total. The fourth-order valence-electron chi connectivity index (χ4n) is 3.01. The molecule has 1 aliphatic heterocycles. The zero-order chi connectivity index (χ0) is 16.1. The molecule has 5 heteroatoms. The van der Waals surface area contributed by atoms with E-state index in [0.29, 0.717) is 6.42 Å². The molecule has 1 aromatic heterocycles. The van der Waals surface area contributed by atoms with Crippen molar-refractivity contribution in [2.75, 3.05) is 25.1 Å².